The summed E-state index contributed by atoms with van der Waals surface area (Å²) in [6.07, 6.45) is 5.44. The van der Waals surface area contributed by atoms with Crippen LogP contribution in [0.2, 0.25) is 5.02 Å². The van der Waals surface area contributed by atoms with Crippen LogP contribution in [-0.4, -0.2) is 29.3 Å². The fourth-order valence-electron chi connectivity index (χ4n) is 3.21. The van der Waals surface area contributed by atoms with Gasteiger partial charge >= 0.3 is 0 Å². The second-order valence-electron chi connectivity index (χ2n) is 6.38. The number of aryl methyl sites for hydroxylation is 1. The first-order chi connectivity index (χ1) is 12.0. The van der Waals surface area contributed by atoms with Crippen molar-refractivity contribution in [2.75, 3.05) is 13.6 Å². The van der Waals surface area contributed by atoms with Gasteiger partial charge in [0.05, 0.1) is 6.20 Å². The van der Waals surface area contributed by atoms with E-state index in [0.717, 1.165) is 23.4 Å². The van der Waals surface area contributed by atoms with Crippen molar-refractivity contribution in [3.05, 3.63) is 52.8 Å². The van der Waals surface area contributed by atoms with Gasteiger partial charge in [-0.2, -0.15) is 5.10 Å². The van der Waals surface area contributed by atoms with E-state index in [9.17, 15) is 4.79 Å². The molecule has 0 fully saturated rings. The van der Waals surface area contributed by atoms with Crippen LogP contribution in [0.4, 0.5) is 0 Å². The summed E-state index contributed by atoms with van der Waals surface area (Å²) in [5.41, 5.74) is 1.95. The molecule has 0 saturated heterocycles. The number of aromatic nitrogens is 2. The molecule has 0 spiro atoms. The average Bonchev–Trinajstić information content (AvgIpc) is 3.04. The quantitative estimate of drug-likeness (QED) is 0.713. The Morgan fingerprint density at radius 2 is 1.88 bits per heavy atom. The van der Waals surface area contributed by atoms with Crippen LogP contribution in [0.15, 0.2) is 36.7 Å². The van der Waals surface area contributed by atoms with E-state index in [0.29, 0.717) is 6.54 Å². The Labute approximate surface area is 166 Å². The second kappa shape index (κ2) is 9.95. The largest absolute Gasteiger partial charge is 0.354 e. The van der Waals surface area contributed by atoms with Gasteiger partial charge in [-0.3, -0.25) is 9.48 Å². The maximum absolute atomic E-state index is 12.7. The van der Waals surface area contributed by atoms with E-state index in [1.54, 1.807) is 17.9 Å². The molecule has 1 unspecified atom stereocenters. The number of nitrogens with zero attached hydrogens (tertiary/aromatic N) is 2. The van der Waals surface area contributed by atoms with Crippen LogP contribution in [0, 0.1) is 0 Å². The molecule has 0 aliphatic carbocycles. The van der Waals surface area contributed by atoms with E-state index in [2.05, 4.69) is 41.7 Å². The number of benzene rings is 1. The minimum absolute atomic E-state index is 0. The molecule has 1 amide bonds. The molecule has 0 radical (unpaired) electrons. The van der Waals surface area contributed by atoms with Gasteiger partial charge in [0, 0.05) is 35.8 Å². The van der Waals surface area contributed by atoms with Crippen LogP contribution >= 0.6 is 24.0 Å². The Kier molecular flexibility index (Phi) is 8.60. The number of carbonyl (C=O) groups is 1. The molecule has 0 aliphatic rings. The van der Waals surface area contributed by atoms with Crippen LogP contribution in [-0.2, 0) is 17.3 Å². The molecule has 1 aromatic heterocycles. The third kappa shape index (κ3) is 5.00. The highest BCUT2D eigenvalue weighted by atomic mass is 35.5. The van der Waals surface area contributed by atoms with E-state index in [1.807, 2.05) is 25.4 Å². The Bertz CT molecular complexity index is 696. The van der Waals surface area contributed by atoms with Crippen molar-refractivity contribution in [1.29, 1.82) is 0 Å². The van der Waals surface area contributed by atoms with Crippen molar-refractivity contribution < 1.29 is 4.79 Å². The van der Waals surface area contributed by atoms with Gasteiger partial charge in [0.1, 0.15) is 6.04 Å². The van der Waals surface area contributed by atoms with Crippen molar-refractivity contribution >= 4 is 29.9 Å². The standard InChI is InChI=1S/C19H27ClN4O.ClH/c1-5-19(6-2,15-7-9-16(20)10-8-15)13-22-18(25)17(21-3)14-11-23-24(4)12-14;/h7-12,17,21H,5-6,13H2,1-4H3,(H,22,25);1H. The summed E-state index contributed by atoms with van der Waals surface area (Å²) in [6, 6.07) is 7.51. The summed E-state index contributed by atoms with van der Waals surface area (Å²) < 4.78 is 1.70. The van der Waals surface area contributed by atoms with Gasteiger partial charge in [-0.15, -0.1) is 12.4 Å². The SMILES string of the molecule is CCC(CC)(CNC(=O)C(NC)c1cnn(C)c1)c1ccc(Cl)cc1.Cl. The molecule has 1 aromatic carbocycles. The Morgan fingerprint density at radius 1 is 1.27 bits per heavy atom. The molecule has 0 saturated carbocycles. The van der Waals surface area contributed by atoms with Crippen LogP contribution in [0.1, 0.15) is 43.9 Å². The Balaban J connectivity index is 0.00000338. The van der Waals surface area contributed by atoms with Gasteiger partial charge in [0.15, 0.2) is 0 Å². The molecule has 1 heterocycles. The molecule has 0 bridgehead atoms. The lowest BCUT2D eigenvalue weighted by molar-refractivity contribution is -0.123. The van der Waals surface area contributed by atoms with Gasteiger partial charge < -0.3 is 10.6 Å². The zero-order chi connectivity index (χ0) is 18.4. The molecule has 2 N–H and O–H groups in total. The number of amides is 1. The first-order valence-electron chi connectivity index (χ1n) is 8.65. The van der Waals surface area contributed by atoms with Gasteiger partial charge in [-0.25, -0.2) is 0 Å². The Morgan fingerprint density at radius 3 is 2.35 bits per heavy atom. The van der Waals surface area contributed by atoms with Crippen molar-refractivity contribution in [2.45, 2.75) is 38.1 Å². The van der Waals surface area contributed by atoms with Crippen molar-refractivity contribution in [2.24, 2.45) is 7.05 Å². The van der Waals surface area contributed by atoms with Gasteiger partial charge in [0.2, 0.25) is 5.91 Å². The number of hydrogen-bond donors (Lipinski definition) is 2. The van der Waals surface area contributed by atoms with Crippen molar-refractivity contribution in [3.63, 3.8) is 0 Å². The number of carbonyl (C=O) groups excluding carboxylic acids is 1. The number of nitrogens with one attached hydrogen (secondary N) is 2. The molecular formula is C19H28Cl2N4O. The molecule has 2 aromatic rings. The number of halogens is 2. The fraction of sp³-hybridized carbons (Fsp3) is 0.474. The lowest BCUT2D eigenvalue weighted by Crippen LogP contribution is -2.44. The van der Waals surface area contributed by atoms with Crippen LogP contribution in [0.5, 0.6) is 0 Å². The highest BCUT2D eigenvalue weighted by Crippen LogP contribution is 2.32. The number of rotatable bonds is 8. The van der Waals surface area contributed by atoms with Crippen molar-refractivity contribution in [3.8, 4) is 0 Å². The maximum atomic E-state index is 12.7. The smallest absolute Gasteiger partial charge is 0.241 e. The monoisotopic (exact) mass is 398 g/mol. The van der Waals surface area contributed by atoms with E-state index < -0.39 is 6.04 Å². The van der Waals surface area contributed by atoms with E-state index in [4.69, 9.17) is 11.6 Å². The highest BCUT2D eigenvalue weighted by Gasteiger charge is 2.30. The minimum atomic E-state index is -0.412. The first-order valence-corrected chi connectivity index (χ1v) is 9.03. The predicted molar refractivity (Wildman–Crippen MR) is 109 cm³/mol. The van der Waals surface area contributed by atoms with Crippen LogP contribution < -0.4 is 10.6 Å². The van der Waals surface area contributed by atoms with E-state index in [1.165, 1.54) is 5.56 Å². The highest BCUT2D eigenvalue weighted by molar-refractivity contribution is 6.30. The maximum Gasteiger partial charge on any atom is 0.241 e. The minimum Gasteiger partial charge on any atom is -0.354 e. The summed E-state index contributed by atoms with van der Waals surface area (Å²) in [4.78, 5) is 12.7. The summed E-state index contributed by atoms with van der Waals surface area (Å²) in [5, 5.41) is 11.1. The third-order valence-corrected chi connectivity index (χ3v) is 5.27. The van der Waals surface area contributed by atoms with E-state index >= 15 is 0 Å². The molecule has 26 heavy (non-hydrogen) atoms. The molecular weight excluding hydrogens is 371 g/mol. The third-order valence-electron chi connectivity index (χ3n) is 5.02. The predicted octanol–water partition coefficient (Wildman–Crippen LogP) is 3.63. The summed E-state index contributed by atoms with van der Waals surface area (Å²) in [5.74, 6) is -0.0456. The topological polar surface area (TPSA) is 59.0 Å². The van der Waals surface area contributed by atoms with Gasteiger partial charge in [-0.1, -0.05) is 37.6 Å². The summed E-state index contributed by atoms with van der Waals surface area (Å²) >= 11 is 6.02. The first kappa shape index (κ1) is 22.5. The van der Waals surface area contributed by atoms with E-state index in [-0.39, 0.29) is 23.7 Å². The molecule has 1 atom stereocenters. The molecule has 7 heteroatoms. The average molecular weight is 399 g/mol. The van der Waals surface area contributed by atoms with Crippen LogP contribution in [0.25, 0.3) is 0 Å². The summed E-state index contributed by atoms with van der Waals surface area (Å²) in [6.45, 7) is 4.89. The normalized spacial score (nSPS) is 12.3. The Hall–Kier alpha value is -1.56. The van der Waals surface area contributed by atoms with Crippen LogP contribution in [0.3, 0.4) is 0 Å². The van der Waals surface area contributed by atoms with Gasteiger partial charge in [-0.05, 0) is 37.6 Å². The lowest BCUT2D eigenvalue weighted by Gasteiger charge is -2.33. The number of likely N-dealkylation sites (N-methyl/N-ethyl adjacent to an activating group) is 1. The van der Waals surface area contributed by atoms with Gasteiger partial charge in [0.25, 0.3) is 0 Å². The molecule has 144 valence electrons. The fourth-order valence-corrected chi connectivity index (χ4v) is 3.34. The molecule has 5 nitrogen and oxygen atoms in total. The summed E-state index contributed by atoms with van der Waals surface area (Å²) in [7, 11) is 3.62. The second-order valence-corrected chi connectivity index (χ2v) is 6.82. The molecule has 2 rings (SSSR count). The lowest BCUT2D eigenvalue weighted by atomic mass is 9.75. The number of hydrogen-bond acceptors (Lipinski definition) is 3. The van der Waals surface area contributed by atoms with Crippen molar-refractivity contribution in [1.82, 2.24) is 20.4 Å². The zero-order valence-corrected chi connectivity index (χ0v) is 17.3. The molecule has 0 aliphatic heterocycles. The zero-order valence-electron chi connectivity index (χ0n) is 15.8.